The Morgan fingerprint density at radius 1 is 1.33 bits per heavy atom. The quantitative estimate of drug-likeness (QED) is 0.812. The van der Waals surface area contributed by atoms with E-state index in [1.165, 1.54) is 0 Å². The van der Waals surface area contributed by atoms with Crippen LogP contribution in [0.15, 0.2) is 6.07 Å². The lowest BCUT2D eigenvalue weighted by Crippen LogP contribution is -2.21. The van der Waals surface area contributed by atoms with Gasteiger partial charge in [-0.25, -0.2) is 0 Å². The van der Waals surface area contributed by atoms with Gasteiger partial charge in [0.2, 0.25) is 0 Å². The zero-order valence-corrected chi connectivity index (χ0v) is 10.5. The third-order valence-corrected chi connectivity index (χ3v) is 4.03. The van der Waals surface area contributed by atoms with Crippen molar-refractivity contribution in [3.8, 4) is 6.07 Å². The van der Waals surface area contributed by atoms with E-state index in [-0.39, 0.29) is 0 Å². The normalized spacial score (nSPS) is 29.9. The van der Waals surface area contributed by atoms with Crippen LogP contribution in [0.25, 0.3) is 0 Å². The van der Waals surface area contributed by atoms with Crippen molar-refractivity contribution < 1.29 is 0 Å². The fourth-order valence-electron chi connectivity index (χ4n) is 3.16. The zero-order chi connectivity index (χ0) is 12.5. The molecule has 1 aromatic rings. The van der Waals surface area contributed by atoms with Gasteiger partial charge in [-0.1, -0.05) is 0 Å². The number of nitrogens with zero attached hydrogens (tertiary/aromatic N) is 3. The third kappa shape index (κ3) is 2.04. The highest BCUT2D eigenvalue weighted by Crippen LogP contribution is 2.35. The molecule has 0 bridgehead atoms. The predicted octanol–water partition coefficient (Wildman–Crippen LogP) is 1.07. The van der Waals surface area contributed by atoms with Gasteiger partial charge in [-0.15, -0.1) is 5.10 Å². The van der Waals surface area contributed by atoms with Gasteiger partial charge in [0.05, 0.1) is 11.3 Å². The lowest BCUT2D eigenvalue weighted by atomic mass is 10.0. The number of anilines is 1. The molecule has 1 aromatic heterocycles. The maximum absolute atomic E-state index is 9.11. The smallest absolute Gasteiger partial charge is 0.166 e. The Morgan fingerprint density at radius 3 is 2.72 bits per heavy atom. The van der Waals surface area contributed by atoms with Gasteiger partial charge in [-0.05, 0) is 50.8 Å². The van der Waals surface area contributed by atoms with Gasteiger partial charge in [0.1, 0.15) is 6.07 Å². The van der Waals surface area contributed by atoms with Crippen molar-refractivity contribution in [1.29, 1.82) is 5.26 Å². The summed E-state index contributed by atoms with van der Waals surface area (Å²) in [6.45, 7) is 4.12. The molecule has 1 aliphatic heterocycles. The summed E-state index contributed by atoms with van der Waals surface area (Å²) in [7, 11) is 0. The molecule has 5 heteroatoms. The van der Waals surface area contributed by atoms with Crippen molar-refractivity contribution in [1.82, 2.24) is 15.5 Å². The maximum Gasteiger partial charge on any atom is 0.166 e. The molecule has 1 unspecified atom stereocenters. The predicted molar refractivity (Wildman–Crippen MR) is 68.0 cm³/mol. The monoisotopic (exact) mass is 243 g/mol. The number of nitrogens with one attached hydrogen (secondary N) is 2. The molecule has 0 radical (unpaired) electrons. The summed E-state index contributed by atoms with van der Waals surface area (Å²) in [5, 5.41) is 24.1. The number of nitriles is 1. The Morgan fingerprint density at radius 2 is 2.06 bits per heavy atom. The van der Waals surface area contributed by atoms with Gasteiger partial charge in [-0.2, -0.15) is 10.4 Å². The highest BCUT2D eigenvalue weighted by molar-refractivity contribution is 5.51. The van der Waals surface area contributed by atoms with Crippen molar-refractivity contribution in [2.75, 3.05) is 18.4 Å². The molecule has 0 amide bonds. The first-order chi connectivity index (χ1) is 8.76. The fraction of sp³-hybridized carbons (Fsp3) is 0.615. The van der Waals surface area contributed by atoms with E-state index in [0.717, 1.165) is 43.5 Å². The summed E-state index contributed by atoms with van der Waals surface area (Å²) in [5.41, 5.74) is 1.38. The summed E-state index contributed by atoms with van der Waals surface area (Å²) in [5.74, 6) is 2.21. The van der Waals surface area contributed by atoms with E-state index in [1.807, 2.05) is 6.92 Å². The third-order valence-electron chi connectivity index (χ3n) is 4.03. The molecule has 1 aliphatic carbocycles. The first-order valence-electron chi connectivity index (χ1n) is 6.48. The molecule has 0 aromatic carbocycles. The average molecular weight is 243 g/mol. The van der Waals surface area contributed by atoms with E-state index >= 15 is 0 Å². The van der Waals surface area contributed by atoms with Crippen LogP contribution in [0.4, 0.5) is 5.82 Å². The van der Waals surface area contributed by atoms with Crippen LogP contribution >= 0.6 is 0 Å². The summed E-state index contributed by atoms with van der Waals surface area (Å²) in [6.07, 6.45) is 2.33. The molecule has 1 saturated carbocycles. The van der Waals surface area contributed by atoms with Crippen LogP contribution in [0.3, 0.4) is 0 Å². The molecule has 2 N–H and O–H groups in total. The minimum Gasteiger partial charge on any atom is -0.365 e. The lowest BCUT2D eigenvalue weighted by molar-refractivity contribution is 0.494. The van der Waals surface area contributed by atoms with Crippen LogP contribution in [0.5, 0.6) is 0 Å². The molecule has 5 nitrogen and oxygen atoms in total. The zero-order valence-electron chi connectivity index (χ0n) is 10.5. The Hall–Kier alpha value is -1.67. The molecule has 3 atom stereocenters. The second-order valence-corrected chi connectivity index (χ2v) is 5.35. The van der Waals surface area contributed by atoms with Crippen LogP contribution < -0.4 is 10.6 Å². The number of fused-ring (bicyclic) bond motifs is 1. The van der Waals surface area contributed by atoms with E-state index in [4.69, 9.17) is 5.26 Å². The Balaban J connectivity index is 1.72. The molecule has 18 heavy (non-hydrogen) atoms. The Bertz CT molecular complexity index is 481. The van der Waals surface area contributed by atoms with Gasteiger partial charge in [0.15, 0.2) is 5.82 Å². The van der Waals surface area contributed by atoms with Crippen molar-refractivity contribution in [3.63, 3.8) is 0 Å². The largest absolute Gasteiger partial charge is 0.365 e. The maximum atomic E-state index is 9.11. The number of hydrogen-bond acceptors (Lipinski definition) is 5. The van der Waals surface area contributed by atoms with Crippen LogP contribution in [-0.4, -0.2) is 29.3 Å². The van der Waals surface area contributed by atoms with Crippen LogP contribution in [-0.2, 0) is 0 Å². The van der Waals surface area contributed by atoms with E-state index in [1.54, 1.807) is 6.07 Å². The van der Waals surface area contributed by atoms with Gasteiger partial charge < -0.3 is 10.6 Å². The number of aromatic nitrogens is 2. The van der Waals surface area contributed by atoms with E-state index in [9.17, 15) is 0 Å². The highest BCUT2D eigenvalue weighted by atomic mass is 15.2. The summed E-state index contributed by atoms with van der Waals surface area (Å²) >= 11 is 0. The second kappa shape index (κ2) is 4.54. The van der Waals surface area contributed by atoms with Crippen LogP contribution in [0.1, 0.15) is 24.1 Å². The highest BCUT2D eigenvalue weighted by Gasteiger charge is 2.37. The van der Waals surface area contributed by atoms with Crippen molar-refractivity contribution in [2.45, 2.75) is 25.8 Å². The van der Waals surface area contributed by atoms with Gasteiger partial charge in [0.25, 0.3) is 0 Å². The fourth-order valence-corrected chi connectivity index (χ4v) is 3.16. The van der Waals surface area contributed by atoms with Gasteiger partial charge in [0, 0.05) is 6.04 Å². The number of aryl methyl sites for hydroxylation is 1. The Labute approximate surface area is 107 Å². The van der Waals surface area contributed by atoms with Crippen molar-refractivity contribution in [3.05, 3.63) is 17.3 Å². The van der Waals surface area contributed by atoms with Crippen molar-refractivity contribution >= 4 is 5.82 Å². The van der Waals surface area contributed by atoms with E-state index in [2.05, 4.69) is 26.9 Å². The topological polar surface area (TPSA) is 73.6 Å². The first kappa shape index (κ1) is 11.4. The SMILES string of the molecule is Cc1cc(C#N)c(NC2C[C@H]3CNC[C@H]3C2)nn1. The Kier molecular flexibility index (Phi) is 2.88. The summed E-state index contributed by atoms with van der Waals surface area (Å²) < 4.78 is 0. The average Bonchev–Trinajstić information content (AvgIpc) is 2.92. The molecular weight excluding hydrogens is 226 g/mol. The molecule has 2 aliphatic rings. The van der Waals surface area contributed by atoms with E-state index in [0.29, 0.717) is 17.4 Å². The molecule has 2 heterocycles. The molecule has 3 rings (SSSR count). The van der Waals surface area contributed by atoms with Crippen molar-refractivity contribution in [2.24, 2.45) is 11.8 Å². The molecule has 0 spiro atoms. The molecule has 94 valence electrons. The van der Waals surface area contributed by atoms with E-state index < -0.39 is 0 Å². The van der Waals surface area contributed by atoms with Crippen LogP contribution in [0, 0.1) is 30.1 Å². The minimum atomic E-state index is 0.436. The molecular formula is C13H17N5. The minimum absolute atomic E-state index is 0.436. The van der Waals surface area contributed by atoms with Gasteiger partial charge in [-0.3, -0.25) is 0 Å². The van der Waals surface area contributed by atoms with Gasteiger partial charge >= 0.3 is 0 Å². The molecule has 2 fully saturated rings. The lowest BCUT2D eigenvalue weighted by Gasteiger charge is -2.15. The summed E-state index contributed by atoms with van der Waals surface area (Å²) in [6, 6.07) is 4.40. The van der Waals surface area contributed by atoms with Crippen LogP contribution in [0.2, 0.25) is 0 Å². The molecule has 1 saturated heterocycles. The number of rotatable bonds is 2. The second-order valence-electron chi connectivity index (χ2n) is 5.35. The standard InChI is InChI=1S/C13H17N5/c1-8-2-9(5-14)13(18-17-8)16-12-3-10-6-15-7-11(10)4-12/h2,10-12,15H,3-4,6-7H2,1H3,(H,16,18)/t10-,11+,12?. The summed E-state index contributed by atoms with van der Waals surface area (Å²) in [4.78, 5) is 0. The number of hydrogen-bond donors (Lipinski definition) is 2. The first-order valence-corrected chi connectivity index (χ1v) is 6.48.